The highest BCUT2D eigenvalue weighted by molar-refractivity contribution is 7.99. The van der Waals surface area contributed by atoms with Crippen LogP contribution in [0.15, 0.2) is 72.4 Å². The van der Waals surface area contributed by atoms with Gasteiger partial charge in [0.2, 0.25) is 5.91 Å². The van der Waals surface area contributed by atoms with Gasteiger partial charge in [0, 0.05) is 31.3 Å². The second-order valence-electron chi connectivity index (χ2n) is 6.20. The number of rotatable bonds is 8. The van der Waals surface area contributed by atoms with Gasteiger partial charge in [-0.3, -0.25) is 9.36 Å². The lowest BCUT2D eigenvalue weighted by molar-refractivity contribution is -0.127. The van der Waals surface area contributed by atoms with Crippen LogP contribution >= 0.6 is 11.8 Å². The summed E-state index contributed by atoms with van der Waals surface area (Å²) in [5.41, 5.74) is 1.44. The molecule has 5 nitrogen and oxygen atoms in total. The van der Waals surface area contributed by atoms with Crippen molar-refractivity contribution in [3.05, 3.63) is 78.6 Å². The molecule has 3 aromatic rings. The van der Waals surface area contributed by atoms with E-state index in [1.807, 2.05) is 34.9 Å². The van der Waals surface area contributed by atoms with Gasteiger partial charge in [0.05, 0.1) is 5.75 Å². The number of nitrogens with zero attached hydrogens (tertiary/aromatic N) is 4. The maximum Gasteiger partial charge on any atom is 0.233 e. The van der Waals surface area contributed by atoms with Crippen molar-refractivity contribution in [2.75, 3.05) is 12.8 Å². The van der Waals surface area contributed by atoms with Crippen molar-refractivity contribution in [2.24, 2.45) is 0 Å². The Balaban J connectivity index is 1.68. The minimum Gasteiger partial charge on any atom is -0.341 e. The molecule has 1 heterocycles. The number of carbonyl (C=O) groups excluding carboxylic acids is 1. The van der Waals surface area contributed by atoms with Crippen molar-refractivity contribution in [3.63, 3.8) is 0 Å². The van der Waals surface area contributed by atoms with E-state index in [0.717, 1.165) is 11.4 Å². The predicted molar refractivity (Wildman–Crippen MR) is 109 cm³/mol. The molecule has 0 fully saturated rings. The fraction of sp³-hybridized carbons (Fsp3) is 0.190. The monoisotopic (exact) mass is 396 g/mol. The highest BCUT2D eigenvalue weighted by Crippen LogP contribution is 2.24. The quantitative estimate of drug-likeness (QED) is 0.426. The first-order valence-electron chi connectivity index (χ1n) is 8.80. The van der Waals surface area contributed by atoms with E-state index in [9.17, 15) is 9.18 Å². The Morgan fingerprint density at radius 3 is 2.61 bits per heavy atom. The number of benzene rings is 2. The highest BCUT2D eigenvalue weighted by Gasteiger charge is 2.17. The fourth-order valence-corrected chi connectivity index (χ4v) is 3.59. The SMILES string of the molecule is C=CCn1c(SCC(=O)N(C)Cc2ccccc2F)nnc1-c1ccccc1. The van der Waals surface area contributed by atoms with E-state index < -0.39 is 0 Å². The smallest absolute Gasteiger partial charge is 0.233 e. The Bertz CT molecular complexity index is 958. The molecule has 0 saturated heterocycles. The second kappa shape index (κ2) is 9.32. The summed E-state index contributed by atoms with van der Waals surface area (Å²) in [5, 5.41) is 9.16. The number of hydrogen-bond acceptors (Lipinski definition) is 4. The van der Waals surface area contributed by atoms with Gasteiger partial charge in [-0.2, -0.15) is 0 Å². The maximum atomic E-state index is 13.8. The zero-order valence-electron chi connectivity index (χ0n) is 15.6. The summed E-state index contributed by atoms with van der Waals surface area (Å²) in [6, 6.07) is 16.2. The molecule has 0 saturated carbocycles. The van der Waals surface area contributed by atoms with Gasteiger partial charge >= 0.3 is 0 Å². The first kappa shape index (κ1) is 19.8. The number of halogens is 1. The molecular weight excluding hydrogens is 375 g/mol. The maximum absolute atomic E-state index is 13.8. The molecule has 0 atom stereocenters. The normalized spacial score (nSPS) is 10.6. The lowest BCUT2D eigenvalue weighted by atomic mass is 10.2. The molecule has 7 heteroatoms. The summed E-state index contributed by atoms with van der Waals surface area (Å²) in [7, 11) is 1.67. The topological polar surface area (TPSA) is 51.0 Å². The van der Waals surface area contributed by atoms with E-state index in [2.05, 4.69) is 16.8 Å². The van der Waals surface area contributed by atoms with Gasteiger partial charge in [-0.05, 0) is 6.07 Å². The lowest BCUT2D eigenvalue weighted by Gasteiger charge is -2.17. The molecule has 28 heavy (non-hydrogen) atoms. The van der Waals surface area contributed by atoms with Gasteiger partial charge < -0.3 is 4.90 Å². The molecule has 0 aliphatic heterocycles. The molecule has 0 N–H and O–H groups in total. The standard InChI is InChI=1S/C21H21FN4OS/c1-3-13-26-20(16-9-5-4-6-10-16)23-24-21(26)28-15-19(27)25(2)14-17-11-7-8-12-18(17)22/h3-12H,1,13-15H2,2H3. The number of allylic oxidation sites excluding steroid dienone is 1. The van der Waals surface area contributed by atoms with Gasteiger partial charge in [-0.25, -0.2) is 4.39 Å². The Morgan fingerprint density at radius 2 is 1.89 bits per heavy atom. The van der Waals surface area contributed by atoms with Crippen molar-refractivity contribution in [2.45, 2.75) is 18.2 Å². The molecule has 0 aliphatic carbocycles. The van der Waals surface area contributed by atoms with Crippen molar-refractivity contribution in [3.8, 4) is 11.4 Å². The van der Waals surface area contributed by atoms with Crippen molar-refractivity contribution >= 4 is 17.7 Å². The van der Waals surface area contributed by atoms with Gasteiger partial charge in [-0.1, -0.05) is 66.4 Å². The molecule has 0 aliphatic rings. The first-order valence-corrected chi connectivity index (χ1v) is 9.78. The van der Waals surface area contributed by atoms with Crippen LogP contribution in [0.4, 0.5) is 4.39 Å². The number of aromatic nitrogens is 3. The first-order chi connectivity index (χ1) is 13.6. The van der Waals surface area contributed by atoms with E-state index in [1.165, 1.54) is 22.7 Å². The summed E-state index contributed by atoms with van der Waals surface area (Å²) in [6.07, 6.45) is 1.77. The molecule has 0 bridgehead atoms. The van der Waals surface area contributed by atoms with E-state index in [0.29, 0.717) is 17.3 Å². The molecule has 0 spiro atoms. The Morgan fingerprint density at radius 1 is 1.18 bits per heavy atom. The minimum absolute atomic E-state index is 0.109. The van der Waals surface area contributed by atoms with Crippen LogP contribution in [-0.2, 0) is 17.9 Å². The third kappa shape index (κ3) is 4.67. The fourth-order valence-electron chi connectivity index (χ4n) is 2.70. The van der Waals surface area contributed by atoms with Crippen LogP contribution < -0.4 is 0 Å². The van der Waals surface area contributed by atoms with Gasteiger partial charge in [0.25, 0.3) is 0 Å². The molecule has 3 rings (SSSR count). The van der Waals surface area contributed by atoms with Crippen LogP contribution in [0.2, 0.25) is 0 Å². The van der Waals surface area contributed by atoms with Gasteiger partial charge in [0.1, 0.15) is 5.82 Å². The summed E-state index contributed by atoms with van der Waals surface area (Å²) in [4.78, 5) is 14.0. The Hall–Kier alpha value is -2.93. The van der Waals surface area contributed by atoms with Crippen molar-refractivity contribution in [1.29, 1.82) is 0 Å². The molecule has 0 radical (unpaired) electrons. The molecule has 144 valence electrons. The lowest BCUT2D eigenvalue weighted by Crippen LogP contribution is -2.28. The van der Waals surface area contributed by atoms with Crippen LogP contribution in [0, 0.1) is 5.82 Å². The Labute approximate surface area is 167 Å². The second-order valence-corrected chi connectivity index (χ2v) is 7.14. The van der Waals surface area contributed by atoms with E-state index in [1.54, 1.807) is 31.3 Å². The number of hydrogen-bond donors (Lipinski definition) is 0. The summed E-state index contributed by atoms with van der Waals surface area (Å²) in [6.45, 7) is 4.56. The van der Waals surface area contributed by atoms with E-state index in [4.69, 9.17) is 0 Å². The van der Waals surface area contributed by atoms with Crippen LogP contribution in [0.25, 0.3) is 11.4 Å². The van der Waals surface area contributed by atoms with Crippen LogP contribution in [0.5, 0.6) is 0 Å². The van der Waals surface area contributed by atoms with Crippen LogP contribution in [-0.4, -0.2) is 38.4 Å². The predicted octanol–water partition coefficient (Wildman–Crippen LogP) is 4.02. The average molecular weight is 396 g/mol. The molecule has 1 amide bonds. The van der Waals surface area contributed by atoms with Gasteiger partial charge in [-0.15, -0.1) is 16.8 Å². The zero-order valence-corrected chi connectivity index (χ0v) is 16.4. The summed E-state index contributed by atoms with van der Waals surface area (Å²) in [5.74, 6) is 0.500. The summed E-state index contributed by atoms with van der Waals surface area (Å²) >= 11 is 1.31. The minimum atomic E-state index is -0.312. The number of thioether (sulfide) groups is 1. The molecule has 1 aromatic heterocycles. The highest BCUT2D eigenvalue weighted by atomic mass is 32.2. The van der Waals surface area contributed by atoms with Crippen LogP contribution in [0.3, 0.4) is 0 Å². The average Bonchev–Trinajstić information content (AvgIpc) is 3.11. The molecule has 2 aromatic carbocycles. The number of carbonyl (C=O) groups is 1. The molecular formula is C21H21FN4OS. The van der Waals surface area contributed by atoms with Crippen molar-refractivity contribution < 1.29 is 9.18 Å². The van der Waals surface area contributed by atoms with E-state index >= 15 is 0 Å². The van der Waals surface area contributed by atoms with Crippen molar-refractivity contribution in [1.82, 2.24) is 19.7 Å². The third-order valence-corrected chi connectivity index (χ3v) is 5.13. The Kier molecular flexibility index (Phi) is 6.60. The summed E-state index contributed by atoms with van der Waals surface area (Å²) < 4.78 is 15.7. The van der Waals surface area contributed by atoms with Gasteiger partial charge in [0.15, 0.2) is 11.0 Å². The third-order valence-electron chi connectivity index (χ3n) is 4.18. The largest absolute Gasteiger partial charge is 0.341 e. The molecule has 0 unspecified atom stereocenters. The zero-order chi connectivity index (χ0) is 19.9. The van der Waals surface area contributed by atoms with E-state index in [-0.39, 0.29) is 24.0 Å². The van der Waals surface area contributed by atoms with Crippen LogP contribution in [0.1, 0.15) is 5.56 Å². The number of amides is 1.